The van der Waals surface area contributed by atoms with Crippen LogP contribution in [0.2, 0.25) is 0 Å². The van der Waals surface area contributed by atoms with Gasteiger partial charge in [-0.05, 0) is 12.8 Å². The van der Waals surface area contributed by atoms with Crippen LogP contribution in [0.15, 0.2) is 0 Å². The van der Waals surface area contributed by atoms with Crippen LogP contribution < -0.4 is 4.72 Å². The summed E-state index contributed by atoms with van der Waals surface area (Å²) < 4.78 is 30.5. The number of nitrogens with zero attached hydrogens (tertiary/aromatic N) is 1. The number of ether oxygens (including phenoxy) is 1. The molecule has 1 aliphatic carbocycles. The number of nitriles is 1. The van der Waals surface area contributed by atoms with E-state index in [1.54, 1.807) is 0 Å². The summed E-state index contributed by atoms with van der Waals surface area (Å²) >= 11 is 0. The lowest BCUT2D eigenvalue weighted by Gasteiger charge is -2.29. The lowest BCUT2D eigenvalue weighted by Crippen LogP contribution is -2.49. The van der Waals surface area contributed by atoms with Crippen LogP contribution in [0.5, 0.6) is 0 Å². The number of carbonyl (C=O) groups is 1. The second-order valence-corrected chi connectivity index (χ2v) is 6.62. The molecule has 0 heterocycles. The molecule has 0 saturated heterocycles. The molecule has 0 aromatic carbocycles. The summed E-state index contributed by atoms with van der Waals surface area (Å²) in [5.74, 6) is -1.57. The third-order valence-electron chi connectivity index (χ3n) is 3.31. The van der Waals surface area contributed by atoms with Gasteiger partial charge < -0.3 is 4.74 Å². The van der Waals surface area contributed by atoms with Crippen molar-refractivity contribution < 1.29 is 17.9 Å². The Kier molecular flexibility index (Phi) is 5.76. The van der Waals surface area contributed by atoms with Crippen LogP contribution in [0.3, 0.4) is 0 Å². The number of sulfonamides is 1. The summed E-state index contributed by atoms with van der Waals surface area (Å²) in [5, 5.41) is 9.32. The molecule has 1 rings (SSSR count). The Balaban J connectivity index is 2.78. The normalized spacial score (nSPS) is 19.8. The fourth-order valence-corrected chi connectivity index (χ4v) is 3.64. The molecule has 1 fully saturated rings. The van der Waals surface area contributed by atoms with Gasteiger partial charge in [-0.2, -0.15) is 9.98 Å². The monoisotopic (exact) mass is 288 g/mol. The van der Waals surface area contributed by atoms with Gasteiger partial charge in [0.25, 0.3) is 0 Å². The Labute approximate surface area is 114 Å². The van der Waals surface area contributed by atoms with E-state index in [1.165, 1.54) is 0 Å². The molecule has 0 aromatic rings. The van der Waals surface area contributed by atoms with Crippen LogP contribution in [0.25, 0.3) is 0 Å². The minimum atomic E-state index is -3.84. The van der Waals surface area contributed by atoms with Gasteiger partial charge >= 0.3 is 5.97 Å². The molecule has 7 heteroatoms. The first-order chi connectivity index (χ1) is 8.93. The van der Waals surface area contributed by atoms with E-state index in [0.29, 0.717) is 12.8 Å². The summed E-state index contributed by atoms with van der Waals surface area (Å²) in [6.45, 7) is 0. The van der Waals surface area contributed by atoms with Gasteiger partial charge in [-0.15, -0.1) is 0 Å². The van der Waals surface area contributed by atoms with Gasteiger partial charge in [-0.1, -0.05) is 32.1 Å². The molecule has 0 atom stereocenters. The first-order valence-corrected chi connectivity index (χ1v) is 8.08. The number of hydrogen-bond donors (Lipinski definition) is 1. The molecule has 0 amide bonds. The van der Waals surface area contributed by atoms with Crippen molar-refractivity contribution in [3.8, 4) is 6.07 Å². The van der Waals surface area contributed by atoms with Gasteiger partial charge in [0.2, 0.25) is 10.0 Å². The molecule has 1 saturated carbocycles. The maximum Gasteiger partial charge on any atom is 0.322 e. The van der Waals surface area contributed by atoms with Crippen molar-refractivity contribution in [2.45, 2.75) is 50.5 Å². The van der Waals surface area contributed by atoms with Gasteiger partial charge in [0, 0.05) is 0 Å². The molecule has 19 heavy (non-hydrogen) atoms. The van der Waals surface area contributed by atoms with Crippen molar-refractivity contribution in [2.24, 2.45) is 0 Å². The Morgan fingerprint density at radius 3 is 2.26 bits per heavy atom. The Hall–Kier alpha value is -1.13. The second-order valence-electron chi connectivity index (χ2n) is 4.90. The molecule has 0 radical (unpaired) electrons. The SMILES string of the molecule is COC(=O)CS(=O)(=O)NC1(C#N)CCCCCCC1. The van der Waals surface area contributed by atoms with Crippen LogP contribution in [0.4, 0.5) is 0 Å². The molecule has 0 aromatic heterocycles. The van der Waals surface area contributed by atoms with Crippen LogP contribution in [-0.2, 0) is 19.6 Å². The van der Waals surface area contributed by atoms with Gasteiger partial charge in [0.05, 0.1) is 13.2 Å². The number of esters is 1. The molecule has 1 aliphatic rings. The van der Waals surface area contributed by atoms with E-state index in [9.17, 15) is 18.5 Å². The minimum Gasteiger partial charge on any atom is -0.468 e. The van der Waals surface area contributed by atoms with Crippen molar-refractivity contribution in [1.29, 1.82) is 5.26 Å². The van der Waals surface area contributed by atoms with Crippen LogP contribution in [0.1, 0.15) is 44.9 Å². The summed E-state index contributed by atoms with van der Waals surface area (Å²) in [7, 11) is -2.71. The smallest absolute Gasteiger partial charge is 0.322 e. The van der Waals surface area contributed by atoms with Crippen molar-refractivity contribution in [3.63, 3.8) is 0 Å². The fourth-order valence-electron chi connectivity index (χ4n) is 2.29. The Bertz CT molecular complexity index is 445. The van der Waals surface area contributed by atoms with E-state index in [1.807, 2.05) is 0 Å². The molecule has 108 valence electrons. The van der Waals surface area contributed by atoms with Gasteiger partial charge in [-0.25, -0.2) is 8.42 Å². The average molecular weight is 288 g/mol. The molecule has 6 nitrogen and oxygen atoms in total. The highest BCUT2D eigenvalue weighted by atomic mass is 32.2. The third-order valence-corrected chi connectivity index (χ3v) is 4.63. The Morgan fingerprint density at radius 2 is 1.79 bits per heavy atom. The van der Waals surface area contributed by atoms with Crippen molar-refractivity contribution in [1.82, 2.24) is 4.72 Å². The van der Waals surface area contributed by atoms with E-state index in [0.717, 1.165) is 39.2 Å². The van der Waals surface area contributed by atoms with Gasteiger partial charge in [-0.3, -0.25) is 4.79 Å². The highest BCUT2D eigenvalue weighted by molar-refractivity contribution is 7.90. The highest BCUT2D eigenvalue weighted by Gasteiger charge is 2.35. The van der Waals surface area contributed by atoms with E-state index in [2.05, 4.69) is 15.5 Å². The summed E-state index contributed by atoms with van der Waals surface area (Å²) in [4.78, 5) is 11.1. The molecular formula is C12H20N2O4S. The maximum absolute atomic E-state index is 11.9. The summed E-state index contributed by atoms with van der Waals surface area (Å²) in [6.07, 6.45) is 5.73. The quantitative estimate of drug-likeness (QED) is 0.781. The molecule has 1 N–H and O–H groups in total. The third kappa shape index (κ3) is 5.17. The van der Waals surface area contributed by atoms with E-state index in [4.69, 9.17) is 0 Å². The zero-order valence-corrected chi connectivity index (χ0v) is 12.0. The number of rotatable bonds is 4. The minimum absolute atomic E-state index is 0.490. The first kappa shape index (κ1) is 15.9. The number of carbonyl (C=O) groups excluding carboxylic acids is 1. The lowest BCUT2D eigenvalue weighted by molar-refractivity contribution is -0.137. The van der Waals surface area contributed by atoms with Gasteiger partial charge in [0.15, 0.2) is 5.75 Å². The fraction of sp³-hybridized carbons (Fsp3) is 0.833. The predicted molar refractivity (Wildman–Crippen MR) is 69.6 cm³/mol. The largest absolute Gasteiger partial charge is 0.468 e. The van der Waals surface area contributed by atoms with Crippen molar-refractivity contribution in [2.75, 3.05) is 12.9 Å². The van der Waals surface area contributed by atoms with Crippen molar-refractivity contribution >= 4 is 16.0 Å². The van der Waals surface area contributed by atoms with Crippen LogP contribution >= 0.6 is 0 Å². The van der Waals surface area contributed by atoms with E-state index >= 15 is 0 Å². The van der Waals surface area contributed by atoms with Crippen LogP contribution in [0, 0.1) is 11.3 Å². The van der Waals surface area contributed by atoms with Crippen LogP contribution in [-0.4, -0.2) is 32.8 Å². The highest BCUT2D eigenvalue weighted by Crippen LogP contribution is 2.26. The number of methoxy groups -OCH3 is 1. The predicted octanol–water partition coefficient (Wildman–Crippen LogP) is 1.09. The van der Waals surface area contributed by atoms with E-state index < -0.39 is 27.3 Å². The zero-order valence-electron chi connectivity index (χ0n) is 11.1. The van der Waals surface area contributed by atoms with Gasteiger partial charge in [0.1, 0.15) is 5.54 Å². The lowest BCUT2D eigenvalue weighted by atomic mass is 9.86. The molecule has 0 aliphatic heterocycles. The summed E-state index contributed by atoms with van der Waals surface area (Å²) in [6, 6.07) is 2.09. The zero-order chi connectivity index (χ0) is 14.4. The number of nitrogens with one attached hydrogen (secondary N) is 1. The first-order valence-electron chi connectivity index (χ1n) is 6.43. The molecular weight excluding hydrogens is 268 g/mol. The molecule has 0 spiro atoms. The topological polar surface area (TPSA) is 96.3 Å². The van der Waals surface area contributed by atoms with Crippen molar-refractivity contribution in [3.05, 3.63) is 0 Å². The molecule has 0 unspecified atom stereocenters. The number of hydrogen-bond acceptors (Lipinski definition) is 5. The second kappa shape index (κ2) is 6.87. The molecule has 0 bridgehead atoms. The van der Waals surface area contributed by atoms with E-state index in [-0.39, 0.29) is 0 Å². The Morgan fingerprint density at radius 1 is 1.26 bits per heavy atom. The maximum atomic E-state index is 11.9. The summed E-state index contributed by atoms with van der Waals surface area (Å²) in [5.41, 5.74) is -1.08. The standard InChI is InChI=1S/C12H20N2O4S/c1-18-11(15)9-19(16,17)14-12(10-13)7-5-3-2-4-6-8-12/h14H,2-9H2,1H3. The average Bonchev–Trinajstić information content (AvgIpc) is 2.32.